The van der Waals surface area contributed by atoms with Gasteiger partial charge in [-0.15, -0.1) is 11.3 Å². The Morgan fingerprint density at radius 2 is 2.00 bits per heavy atom. The third-order valence-corrected chi connectivity index (χ3v) is 7.47. The molecule has 5 aliphatic rings. The summed E-state index contributed by atoms with van der Waals surface area (Å²) in [6, 6.07) is 2.41. The maximum atomic E-state index is 6.92. The SMILES string of the molecule is c1cc2c(s1)[C@@H]1CCCC[C@H]1O[C@@]21C[NH+]2CCC1CC2. The van der Waals surface area contributed by atoms with Crippen molar-refractivity contribution >= 4 is 11.3 Å². The van der Waals surface area contributed by atoms with Crippen molar-refractivity contribution in [2.45, 2.75) is 56.1 Å². The summed E-state index contributed by atoms with van der Waals surface area (Å²) in [6.45, 7) is 4.00. The Labute approximate surface area is 125 Å². The highest BCUT2D eigenvalue weighted by atomic mass is 32.1. The number of fused-ring (bicyclic) bond motifs is 5. The summed E-state index contributed by atoms with van der Waals surface area (Å²) >= 11 is 2.02. The molecule has 3 heteroatoms. The summed E-state index contributed by atoms with van der Waals surface area (Å²) < 4.78 is 6.92. The van der Waals surface area contributed by atoms with E-state index in [1.165, 1.54) is 58.2 Å². The van der Waals surface area contributed by atoms with Gasteiger partial charge in [0.1, 0.15) is 12.1 Å². The van der Waals surface area contributed by atoms with Crippen LogP contribution in [-0.4, -0.2) is 25.7 Å². The second-order valence-corrected chi connectivity index (χ2v) is 8.28. The summed E-state index contributed by atoms with van der Waals surface area (Å²) in [5.41, 5.74) is 1.70. The number of nitrogens with one attached hydrogen (secondary N) is 1. The minimum Gasteiger partial charge on any atom is -0.360 e. The third-order valence-electron chi connectivity index (χ3n) is 6.42. The van der Waals surface area contributed by atoms with Crippen molar-refractivity contribution in [2.75, 3.05) is 19.6 Å². The molecule has 2 bridgehead atoms. The monoisotopic (exact) mass is 290 g/mol. The highest BCUT2D eigenvalue weighted by Crippen LogP contribution is 2.53. The van der Waals surface area contributed by atoms with E-state index in [4.69, 9.17) is 4.74 Å². The first kappa shape index (κ1) is 12.2. The van der Waals surface area contributed by atoms with Crippen LogP contribution in [0.4, 0.5) is 0 Å². The largest absolute Gasteiger partial charge is 0.360 e. The molecule has 0 unspecified atom stereocenters. The summed E-state index contributed by atoms with van der Waals surface area (Å²) in [4.78, 5) is 3.49. The maximum absolute atomic E-state index is 6.92. The number of ether oxygens (including phenoxy) is 1. The van der Waals surface area contributed by atoms with Gasteiger partial charge in [-0.05, 0) is 24.3 Å². The van der Waals surface area contributed by atoms with E-state index in [9.17, 15) is 0 Å². The molecule has 0 amide bonds. The van der Waals surface area contributed by atoms with Gasteiger partial charge in [-0.1, -0.05) is 12.8 Å². The lowest BCUT2D eigenvalue weighted by Crippen LogP contribution is -3.17. The Hall–Kier alpha value is -0.380. The van der Waals surface area contributed by atoms with Crippen LogP contribution >= 0.6 is 11.3 Å². The molecule has 1 N–H and O–H groups in total. The normalized spacial score (nSPS) is 46.2. The number of rotatable bonds is 0. The Balaban J connectivity index is 1.63. The second kappa shape index (κ2) is 4.31. The number of hydrogen-bond donors (Lipinski definition) is 1. The minimum absolute atomic E-state index is 0.0969. The lowest BCUT2D eigenvalue weighted by atomic mass is 9.67. The predicted molar refractivity (Wildman–Crippen MR) is 80.4 cm³/mol. The molecule has 108 valence electrons. The molecule has 1 aromatic rings. The maximum Gasteiger partial charge on any atom is 0.146 e. The highest BCUT2D eigenvalue weighted by molar-refractivity contribution is 7.10. The van der Waals surface area contributed by atoms with Crippen LogP contribution in [0.2, 0.25) is 0 Å². The fraction of sp³-hybridized carbons (Fsp3) is 0.765. The molecule has 1 aliphatic carbocycles. The van der Waals surface area contributed by atoms with Crippen molar-refractivity contribution in [3.8, 4) is 0 Å². The zero-order valence-corrected chi connectivity index (χ0v) is 12.9. The number of piperidine rings is 3. The number of thiophene rings is 1. The van der Waals surface area contributed by atoms with Crippen molar-refractivity contribution in [1.82, 2.24) is 0 Å². The van der Waals surface area contributed by atoms with Gasteiger partial charge in [0.25, 0.3) is 0 Å². The number of quaternary nitrogens is 1. The molecule has 0 radical (unpaired) electrons. The quantitative estimate of drug-likeness (QED) is 0.774. The molecule has 3 atom stereocenters. The molecule has 5 heterocycles. The molecule has 1 saturated carbocycles. The van der Waals surface area contributed by atoms with Gasteiger partial charge in [0.2, 0.25) is 0 Å². The van der Waals surface area contributed by atoms with Crippen LogP contribution in [0.1, 0.15) is 54.9 Å². The van der Waals surface area contributed by atoms with Gasteiger partial charge < -0.3 is 9.64 Å². The van der Waals surface area contributed by atoms with Crippen molar-refractivity contribution < 1.29 is 9.64 Å². The summed E-state index contributed by atoms with van der Waals surface area (Å²) in [5, 5.41) is 2.33. The lowest BCUT2D eigenvalue weighted by molar-refractivity contribution is -0.927. The predicted octanol–water partition coefficient (Wildman–Crippen LogP) is 2.31. The molecule has 4 fully saturated rings. The van der Waals surface area contributed by atoms with E-state index in [0.29, 0.717) is 6.10 Å². The first-order valence-corrected chi connectivity index (χ1v) is 9.34. The van der Waals surface area contributed by atoms with Crippen LogP contribution in [-0.2, 0) is 10.3 Å². The average Bonchev–Trinajstić information content (AvgIpc) is 2.99. The van der Waals surface area contributed by atoms with Crippen molar-refractivity contribution in [3.63, 3.8) is 0 Å². The van der Waals surface area contributed by atoms with E-state index >= 15 is 0 Å². The Morgan fingerprint density at radius 3 is 2.80 bits per heavy atom. The molecular formula is C17H24NOS+. The van der Waals surface area contributed by atoms with Gasteiger partial charge in [-0.25, -0.2) is 0 Å². The van der Waals surface area contributed by atoms with Crippen molar-refractivity contribution in [1.29, 1.82) is 0 Å². The van der Waals surface area contributed by atoms with Crippen LogP contribution in [0.5, 0.6) is 0 Å². The van der Waals surface area contributed by atoms with Crippen LogP contribution in [0.25, 0.3) is 0 Å². The van der Waals surface area contributed by atoms with Crippen LogP contribution < -0.4 is 4.90 Å². The van der Waals surface area contributed by atoms with Crippen molar-refractivity contribution in [2.24, 2.45) is 5.92 Å². The molecule has 20 heavy (non-hydrogen) atoms. The average molecular weight is 290 g/mol. The van der Waals surface area contributed by atoms with Crippen LogP contribution in [0.3, 0.4) is 0 Å². The zero-order chi connectivity index (χ0) is 13.2. The van der Waals surface area contributed by atoms with E-state index in [-0.39, 0.29) is 5.60 Å². The van der Waals surface area contributed by atoms with E-state index in [2.05, 4.69) is 11.4 Å². The van der Waals surface area contributed by atoms with Crippen LogP contribution in [0, 0.1) is 5.92 Å². The Kier molecular flexibility index (Phi) is 2.63. The zero-order valence-electron chi connectivity index (χ0n) is 12.1. The minimum atomic E-state index is 0.0969. The van der Waals surface area contributed by atoms with Gasteiger partial charge in [-0.3, -0.25) is 0 Å². The molecule has 1 spiro atoms. The molecule has 0 aromatic carbocycles. The van der Waals surface area contributed by atoms with Gasteiger partial charge >= 0.3 is 0 Å². The molecule has 2 nitrogen and oxygen atoms in total. The van der Waals surface area contributed by atoms with Gasteiger partial charge in [-0.2, -0.15) is 0 Å². The van der Waals surface area contributed by atoms with Gasteiger partial charge in [0.05, 0.1) is 19.2 Å². The summed E-state index contributed by atoms with van der Waals surface area (Å²) in [5.74, 6) is 1.51. The standard InChI is InChI=1S/C17H23NOS/c1-2-4-15-13(3-1)16-14(7-10-20-16)17(19-15)11-18-8-5-12(17)6-9-18/h7,10,12-13,15H,1-6,8-9,11H2/p+1/t13-,15-,17-/m1/s1. The van der Waals surface area contributed by atoms with E-state index in [1.807, 2.05) is 11.3 Å². The fourth-order valence-electron chi connectivity index (χ4n) is 5.47. The summed E-state index contributed by atoms with van der Waals surface area (Å²) in [7, 11) is 0. The molecule has 6 rings (SSSR count). The molecule has 4 aliphatic heterocycles. The Bertz CT molecular complexity index is 519. The Morgan fingerprint density at radius 1 is 1.15 bits per heavy atom. The summed E-state index contributed by atoms with van der Waals surface area (Å²) in [6.07, 6.45) is 8.70. The molecular weight excluding hydrogens is 266 g/mol. The van der Waals surface area contributed by atoms with Crippen molar-refractivity contribution in [3.05, 3.63) is 21.9 Å². The van der Waals surface area contributed by atoms with Gasteiger partial charge in [0, 0.05) is 35.1 Å². The topological polar surface area (TPSA) is 13.7 Å². The van der Waals surface area contributed by atoms with E-state index < -0.39 is 0 Å². The highest BCUT2D eigenvalue weighted by Gasteiger charge is 2.57. The molecule has 3 saturated heterocycles. The first-order valence-electron chi connectivity index (χ1n) is 8.46. The number of hydrogen-bond acceptors (Lipinski definition) is 2. The van der Waals surface area contributed by atoms with Gasteiger partial charge in [0.15, 0.2) is 0 Å². The van der Waals surface area contributed by atoms with E-state index in [0.717, 1.165) is 11.8 Å². The molecule has 1 aromatic heterocycles. The fourth-order valence-corrected chi connectivity index (χ4v) is 6.63. The first-order chi connectivity index (χ1) is 9.87. The van der Waals surface area contributed by atoms with Crippen LogP contribution in [0.15, 0.2) is 11.4 Å². The smallest absolute Gasteiger partial charge is 0.146 e. The third kappa shape index (κ3) is 1.52. The van der Waals surface area contributed by atoms with E-state index in [1.54, 1.807) is 15.3 Å². The second-order valence-electron chi connectivity index (χ2n) is 7.34. The lowest BCUT2D eigenvalue weighted by Gasteiger charge is -2.55.